The fourth-order valence-corrected chi connectivity index (χ4v) is 4.75. The van der Waals surface area contributed by atoms with Crippen molar-refractivity contribution < 1.29 is 34.1 Å². The van der Waals surface area contributed by atoms with Crippen LogP contribution in [0.5, 0.6) is 0 Å². The molecule has 3 fully saturated rings. The number of carbonyl (C=O) groups is 3. The molecule has 0 saturated carbocycles. The van der Waals surface area contributed by atoms with Gasteiger partial charge in [-0.1, -0.05) is 19.8 Å². The highest BCUT2D eigenvalue weighted by Gasteiger charge is 2.47. The summed E-state index contributed by atoms with van der Waals surface area (Å²) in [4.78, 5) is 49.8. The van der Waals surface area contributed by atoms with Crippen LogP contribution in [0.25, 0.3) is 11.2 Å². The Kier molecular flexibility index (Phi) is 9.58. The topological polar surface area (TPSA) is 207 Å². The largest absolute Gasteiger partial charge is 0.425 e. The maximum atomic E-state index is 12.2. The van der Waals surface area contributed by atoms with Crippen molar-refractivity contribution in [3.8, 4) is 11.8 Å². The first kappa shape index (κ1) is 30.0. The number of anilines is 1. The van der Waals surface area contributed by atoms with Crippen LogP contribution in [0.3, 0.4) is 0 Å². The molecule has 15 heteroatoms. The number of ether oxygens (including phenoxy) is 2. The molecule has 5 heterocycles. The smallest absolute Gasteiger partial charge is 0.411 e. The van der Waals surface area contributed by atoms with Crippen LogP contribution >= 0.6 is 0 Å². The number of rotatable bonds is 5. The van der Waals surface area contributed by atoms with Crippen LogP contribution in [0, 0.1) is 17.8 Å². The number of piperidine rings is 1. The Labute approximate surface area is 236 Å². The van der Waals surface area contributed by atoms with Gasteiger partial charge in [-0.2, -0.15) is 0 Å². The van der Waals surface area contributed by atoms with E-state index in [9.17, 15) is 24.6 Å². The third-order valence-corrected chi connectivity index (χ3v) is 6.97. The van der Waals surface area contributed by atoms with Gasteiger partial charge >= 0.3 is 6.09 Å². The van der Waals surface area contributed by atoms with Crippen molar-refractivity contribution in [2.45, 2.75) is 77.2 Å². The highest BCUT2D eigenvalue weighted by molar-refractivity contribution is 5.84. The van der Waals surface area contributed by atoms with Gasteiger partial charge in [0.05, 0.1) is 12.7 Å². The molecule has 0 bridgehead atoms. The van der Waals surface area contributed by atoms with Gasteiger partial charge in [-0.15, -0.1) is 0 Å². The van der Waals surface area contributed by atoms with Crippen LogP contribution in [-0.2, 0) is 19.1 Å². The van der Waals surface area contributed by atoms with Crippen LogP contribution in [0.4, 0.5) is 10.6 Å². The zero-order valence-corrected chi connectivity index (χ0v) is 23.2. The van der Waals surface area contributed by atoms with Crippen LogP contribution in [0.2, 0.25) is 0 Å². The molecule has 3 amide bonds. The van der Waals surface area contributed by atoms with Crippen molar-refractivity contribution in [2.75, 3.05) is 25.4 Å². The third kappa shape index (κ3) is 6.50. The Hall–Kier alpha value is -4.00. The molecule has 0 spiro atoms. The van der Waals surface area contributed by atoms with Gasteiger partial charge in [0.25, 0.3) is 5.91 Å². The fourth-order valence-electron chi connectivity index (χ4n) is 4.75. The fraction of sp³-hybridized carbons (Fsp3) is 0.615. The van der Waals surface area contributed by atoms with E-state index in [1.807, 2.05) is 13.8 Å². The number of fused-ring (bicyclic) bond motifs is 1. The van der Waals surface area contributed by atoms with E-state index in [4.69, 9.17) is 15.2 Å². The molecule has 3 saturated heterocycles. The molecule has 3 aliphatic rings. The first-order valence-corrected chi connectivity index (χ1v) is 13.8. The lowest BCUT2D eigenvalue weighted by molar-refractivity contribution is -0.138. The van der Waals surface area contributed by atoms with E-state index in [0.717, 1.165) is 12.8 Å². The average Bonchev–Trinajstić information content (AvgIpc) is 3.50. The van der Waals surface area contributed by atoms with Crippen molar-refractivity contribution in [1.29, 1.82) is 0 Å². The number of β-lactam (4-membered cyclic amide) rings is 1. The predicted octanol–water partition coefficient (Wildman–Crippen LogP) is -0.374. The summed E-state index contributed by atoms with van der Waals surface area (Å²) in [6.07, 6.45) is -2.57. The SMILES string of the molecule is CC.CCNC(=O)[C@H]1O[C@@H](n2cnc3c(N)nc(C#CCC4CCN(C(=O)OC5CC(=O)N5)CC4)nc32)[C@@H](O)C1O. The molecular formula is C26H36N8O7. The quantitative estimate of drug-likeness (QED) is 0.231. The predicted molar refractivity (Wildman–Crippen MR) is 145 cm³/mol. The summed E-state index contributed by atoms with van der Waals surface area (Å²) in [5.74, 6) is 5.84. The standard InChI is InChI=1S/C24H30N8O7.C2H6/c1-2-26-22(36)19-17(34)18(35)23(39-19)32-11-27-16-20(25)28-13(29-21(16)32)5-3-4-12-6-8-31(9-7-12)24(37)38-15-10-14(33)30-15;1-2/h11-12,15,17-19,23,34-35H,2,4,6-10H2,1H3,(H,26,36)(H,30,33)(H2,25,28,29);1-2H3/t15?,17?,18-,19-,23+;/m0./s1. The van der Waals surface area contributed by atoms with E-state index in [-0.39, 0.29) is 41.1 Å². The summed E-state index contributed by atoms with van der Waals surface area (Å²) in [7, 11) is 0. The summed E-state index contributed by atoms with van der Waals surface area (Å²) >= 11 is 0. The molecule has 0 aliphatic carbocycles. The van der Waals surface area contributed by atoms with E-state index in [1.165, 1.54) is 10.9 Å². The Bertz CT molecular complexity index is 1320. The maximum absolute atomic E-state index is 12.2. The zero-order chi connectivity index (χ0) is 29.7. The van der Waals surface area contributed by atoms with Crippen molar-refractivity contribution >= 4 is 34.9 Å². The van der Waals surface area contributed by atoms with E-state index >= 15 is 0 Å². The number of carbonyl (C=O) groups excluding carboxylic acids is 3. The molecule has 0 aromatic carbocycles. The van der Waals surface area contributed by atoms with E-state index < -0.39 is 42.8 Å². The number of likely N-dealkylation sites (tertiary alicyclic amines) is 1. The number of amides is 3. The first-order valence-electron chi connectivity index (χ1n) is 13.8. The summed E-state index contributed by atoms with van der Waals surface area (Å²) < 4.78 is 12.3. The Morgan fingerprint density at radius 1 is 1.24 bits per heavy atom. The number of imidazole rings is 1. The summed E-state index contributed by atoms with van der Waals surface area (Å²) in [5, 5.41) is 26.0. The molecule has 5 rings (SSSR count). The number of hydrogen-bond acceptors (Lipinski definition) is 11. The Morgan fingerprint density at radius 2 is 1.95 bits per heavy atom. The number of nitrogen functional groups attached to an aromatic ring is 1. The van der Waals surface area contributed by atoms with Crippen molar-refractivity contribution in [2.24, 2.45) is 5.92 Å². The molecule has 15 nitrogen and oxygen atoms in total. The van der Waals surface area contributed by atoms with Crippen molar-refractivity contribution in [1.82, 2.24) is 35.1 Å². The molecule has 5 atom stereocenters. The Morgan fingerprint density at radius 3 is 2.61 bits per heavy atom. The van der Waals surface area contributed by atoms with Crippen molar-refractivity contribution in [3.05, 3.63) is 12.2 Å². The average molecular weight is 573 g/mol. The molecule has 0 radical (unpaired) electrons. The van der Waals surface area contributed by atoms with Crippen LogP contribution in [0.15, 0.2) is 6.33 Å². The number of aliphatic hydroxyl groups is 2. The molecule has 222 valence electrons. The van der Waals surface area contributed by atoms with Gasteiger partial charge in [0.2, 0.25) is 11.7 Å². The summed E-state index contributed by atoms with van der Waals surface area (Å²) in [5.41, 5.74) is 6.59. The Balaban J connectivity index is 0.00000189. The van der Waals surface area contributed by atoms with Gasteiger partial charge in [-0.25, -0.2) is 19.7 Å². The molecule has 2 unspecified atom stereocenters. The molecule has 2 aromatic heterocycles. The number of nitrogens with two attached hydrogens (primary N) is 1. The first-order chi connectivity index (χ1) is 19.7. The number of likely N-dealkylation sites (N-methyl/N-ethyl adjacent to an activating group) is 1. The minimum Gasteiger partial charge on any atom is -0.425 e. The van der Waals surface area contributed by atoms with Gasteiger partial charge in [-0.05, 0) is 31.6 Å². The highest BCUT2D eigenvalue weighted by Crippen LogP contribution is 2.32. The minimum atomic E-state index is -1.44. The zero-order valence-electron chi connectivity index (χ0n) is 23.2. The van der Waals surface area contributed by atoms with E-state index in [1.54, 1.807) is 11.8 Å². The van der Waals surface area contributed by atoms with Crippen LogP contribution in [0.1, 0.15) is 58.5 Å². The van der Waals surface area contributed by atoms with Crippen LogP contribution in [-0.4, -0.2) is 96.7 Å². The molecule has 3 aliphatic heterocycles. The normalized spacial score (nSPS) is 25.7. The maximum Gasteiger partial charge on any atom is 0.411 e. The van der Waals surface area contributed by atoms with E-state index in [2.05, 4.69) is 37.4 Å². The number of hydrogen-bond donors (Lipinski definition) is 5. The lowest BCUT2D eigenvalue weighted by Crippen LogP contribution is -2.53. The summed E-state index contributed by atoms with van der Waals surface area (Å²) in [6, 6.07) is 0. The number of nitrogens with zero attached hydrogens (tertiary/aromatic N) is 5. The number of aromatic nitrogens is 4. The van der Waals surface area contributed by atoms with Gasteiger partial charge in [0, 0.05) is 26.1 Å². The lowest BCUT2D eigenvalue weighted by atomic mass is 9.94. The second-order valence-corrected chi connectivity index (χ2v) is 9.66. The minimum absolute atomic E-state index is 0.0887. The lowest BCUT2D eigenvalue weighted by Gasteiger charge is -2.33. The third-order valence-electron chi connectivity index (χ3n) is 6.97. The monoisotopic (exact) mass is 572 g/mol. The molecule has 6 N–H and O–H groups in total. The molecular weight excluding hydrogens is 536 g/mol. The van der Waals surface area contributed by atoms with Crippen molar-refractivity contribution in [3.63, 3.8) is 0 Å². The summed E-state index contributed by atoms with van der Waals surface area (Å²) in [6.45, 7) is 7.15. The molecule has 2 aromatic rings. The number of aliphatic hydroxyl groups excluding tert-OH is 2. The number of nitrogens with one attached hydrogen (secondary N) is 2. The van der Waals surface area contributed by atoms with E-state index in [0.29, 0.717) is 26.1 Å². The second-order valence-electron chi connectivity index (χ2n) is 9.66. The second kappa shape index (κ2) is 13.1. The molecule has 41 heavy (non-hydrogen) atoms. The van der Waals surface area contributed by atoms with Gasteiger partial charge < -0.3 is 41.0 Å². The van der Waals surface area contributed by atoms with Gasteiger partial charge in [-0.3, -0.25) is 14.2 Å². The van der Waals surface area contributed by atoms with Gasteiger partial charge in [0.15, 0.2) is 30.0 Å². The highest BCUT2D eigenvalue weighted by atomic mass is 16.6. The van der Waals surface area contributed by atoms with Gasteiger partial charge in [0.1, 0.15) is 17.7 Å². The van der Waals surface area contributed by atoms with Crippen LogP contribution < -0.4 is 16.4 Å².